The van der Waals surface area contributed by atoms with Crippen LogP contribution < -0.4 is 16.2 Å². The standard InChI is InChI=1S/C22H21N5O4/c1-13-25-15-8-5-6-14(12-24-20(29)16-7-3-2-4-11-23-16)19(15)22(31)27(13)17-9-10-18(28)26-21(17)30/h3-8,11,17H,2,9-10,12H2,1H3,(H,24,29)(H,26,28,30). The highest BCUT2D eigenvalue weighted by Crippen LogP contribution is 2.21. The predicted molar refractivity (Wildman–Crippen MR) is 114 cm³/mol. The fourth-order valence-electron chi connectivity index (χ4n) is 3.76. The van der Waals surface area contributed by atoms with Gasteiger partial charge >= 0.3 is 0 Å². The molecule has 0 radical (unpaired) electrons. The monoisotopic (exact) mass is 419 g/mol. The van der Waals surface area contributed by atoms with E-state index in [1.54, 1.807) is 37.4 Å². The fourth-order valence-corrected chi connectivity index (χ4v) is 3.76. The minimum atomic E-state index is -0.804. The maximum Gasteiger partial charge on any atom is 0.270 e. The summed E-state index contributed by atoms with van der Waals surface area (Å²) in [5.74, 6) is -0.836. The van der Waals surface area contributed by atoms with Crippen LogP contribution in [-0.2, 0) is 20.9 Å². The van der Waals surface area contributed by atoms with Crippen LogP contribution in [0.3, 0.4) is 0 Å². The number of nitrogens with one attached hydrogen (secondary N) is 2. The van der Waals surface area contributed by atoms with Crippen molar-refractivity contribution in [2.24, 2.45) is 4.99 Å². The van der Waals surface area contributed by atoms with Crippen molar-refractivity contribution in [3.8, 4) is 0 Å². The average Bonchev–Trinajstić information content (AvgIpc) is 3.03. The van der Waals surface area contributed by atoms with Gasteiger partial charge in [-0.3, -0.25) is 34.1 Å². The maximum absolute atomic E-state index is 13.4. The number of piperidine rings is 1. The Morgan fingerprint density at radius 2 is 2.10 bits per heavy atom. The summed E-state index contributed by atoms with van der Waals surface area (Å²) in [5, 5.41) is 5.40. The first-order valence-corrected chi connectivity index (χ1v) is 9.97. The van der Waals surface area contributed by atoms with Crippen LogP contribution in [0.15, 0.2) is 52.4 Å². The van der Waals surface area contributed by atoms with Crippen molar-refractivity contribution in [2.45, 2.75) is 38.8 Å². The van der Waals surface area contributed by atoms with Crippen LogP contribution in [0.4, 0.5) is 0 Å². The lowest BCUT2D eigenvalue weighted by Crippen LogP contribution is -2.45. The second-order valence-corrected chi connectivity index (χ2v) is 7.33. The highest BCUT2D eigenvalue weighted by atomic mass is 16.2. The molecule has 1 aromatic heterocycles. The first-order valence-electron chi connectivity index (χ1n) is 9.97. The van der Waals surface area contributed by atoms with E-state index in [1.165, 1.54) is 4.57 Å². The summed E-state index contributed by atoms with van der Waals surface area (Å²) >= 11 is 0. The Kier molecular flexibility index (Phi) is 5.57. The Labute approximate surface area is 177 Å². The summed E-state index contributed by atoms with van der Waals surface area (Å²) < 4.78 is 1.33. The number of aliphatic imine (C=N–C) groups is 1. The van der Waals surface area contributed by atoms with Crippen LogP contribution in [0.5, 0.6) is 0 Å². The highest BCUT2D eigenvalue weighted by molar-refractivity contribution is 6.43. The third kappa shape index (κ3) is 4.07. The number of rotatable bonds is 4. The quantitative estimate of drug-likeness (QED) is 0.722. The predicted octanol–water partition coefficient (Wildman–Crippen LogP) is 1.21. The van der Waals surface area contributed by atoms with Crippen molar-refractivity contribution in [1.29, 1.82) is 0 Å². The number of allylic oxidation sites excluding steroid dienone is 2. The molecule has 158 valence electrons. The molecule has 1 unspecified atom stereocenters. The smallest absolute Gasteiger partial charge is 0.270 e. The van der Waals surface area contributed by atoms with Crippen LogP contribution >= 0.6 is 0 Å². The van der Waals surface area contributed by atoms with Crippen LogP contribution in [0.1, 0.15) is 36.7 Å². The van der Waals surface area contributed by atoms with Crippen molar-refractivity contribution in [2.75, 3.05) is 0 Å². The number of fused-ring (bicyclic) bond motifs is 1. The van der Waals surface area contributed by atoms with Gasteiger partial charge in [0.2, 0.25) is 11.8 Å². The third-order valence-corrected chi connectivity index (χ3v) is 5.25. The lowest BCUT2D eigenvalue weighted by atomic mass is 10.0. The Bertz CT molecular complexity index is 1240. The van der Waals surface area contributed by atoms with Gasteiger partial charge in [-0.2, -0.15) is 0 Å². The average molecular weight is 419 g/mol. The van der Waals surface area contributed by atoms with Gasteiger partial charge in [-0.05, 0) is 37.5 Å². The summed E-state index contributed by atoms with van der Waals surface area (Å²) in [4.78, 5) is 58.3. The first-order chi connectivity index (χ1) is 15.0. The lowest BCUT2D eigenvalue weighted by Gasteiger charge is -2.24. The van der Waals surface area contributed by atoms with E-state index in [1.807, 2.05) is 12.2 Å². The summed E-state index contributed by atoms with van der Waals surface area (Å²) in [6.07, 6.45) is 8.00. The van der Waals surface area contributed by atoms with E-state index < -0.39 is 11.9 Å². The number of aryl methyl sites for hydroxylation is 1. The lowest BCUT2D eigenvalue weighted by molar-refractivity contribution is -0.135. The molecule has 4 rings (SSSR count). The van der Waals surface area contributed by atoms with Crippen molar-refractivity contribution < 1.29 is 14.4 Å². The fraction of sp³-hybridized carbons (Fsp3) is 0.273. The number of carbonyl (C=O) groups is 3. The van der Waals surface area contributed by atoms with E-state index >= 15 is 0 Å². The molecular weight excluding hydrogens is 398 g/mol. The maximum atomic E-state index is 13.4. The van der Waals surface area contributed by atoms with Gasteiger partial charge in [0.15, 0.2) is 0 Å². The molecule has 2 aliphatic rings. The van der Waals surface area contributed by atoms with Crippen molar-refractivity contribution >= 4 is 34.3 Å². The van der Waals surface area contributed by atoms with E-state index in [0.717, 1.165) is 0 Å². The largest absolute Gasteiger partial charge is 0.347 e. The van der Waals surface area contributed by atoms with Gasteiger partial charge in [-0.15, -0.1) is 0 Å². The Morgan fingerprint density at radius 1 is 1.26 bits per heavy atom. The molecule has 2 aromatic rings. The molecule has 9 nitrogen and oxygen atoms in total. The van der Waals surface area contributed by atoms with Gasteiger partial charge in [0.05, 0.1) is 10.9 Å². The third-order valence-electron chi connectivity index (χ3n) is 5.25. The number of benzene rings is 1. The Hall–Kier alpha value is -3.88. The molecule has 1 fully saturated rings. The van der Waals surface area contributed by atoms with E-state index in [9.17, 15) is 19.2 Å². The number of hydrogen-bond donors (Lipinski definition) is 2. The van der Waals surface area contributed by atoms with Gasteiger partial charge in [0.1, 0.15) is 17.6 Å². The number of aromatic nitrogens is 2. The van der Waals surface area contributed by atoms with Crippen LogP contribution in [-0.4, -0.2) is 33.0 Å². The highest BCUT2D eigenvalue weighted by Gasteiger charge is 2.30. The molecule has 3 amide bonds. The van der Waals surface area contributed by atoms with Crippen molar-refractivity contribution in [3.05, 3.63) is 64.4 Å². The zero-order valence-electron chi connectivity index (χ0n) is 16.9. The molecule has 1 aromatic carbocycles. The topological polar surface area (TPSA) is 123 Å². The summed E-state index contributed by atoms with van der Waals surface area (Å²) in [6.45, 7) is 1.76. The van der Waals surface area contributed by atoms with Gasteiger partial charge in [0.25, 0.3) is 11.5 Å². The molecule has 1 saturated heterocycles. The Morgan fingerprint density at radius 3 is 2.90 bits per heavy atom. The second kappa shape index (κ2) is 8.47. The molecule has 0 spiro atoms. The molecule has 0 saturated carbocycles. The number of amides is 3. The van der Waals surface area contributed by atoms with Gasteiger partial charge in [0, 0.05) is 19.2 Å². The molecule has 1 atom stereocenters. The zero-order chi connectivity index (χ0) is 22.0. The minimum Gasteiger partial charge on any atom is -0.347 e. The van der Waals surface area contributed by atoms with Crippen LogP contribution in [0.2, 0.25) is 0 Å². The van der Waals surface area contributed by atoms with Crippen LogP contribution in [0.25, 0.3) is 10.9 Å². The summed E-state index contributed by atoms with van der Waals surface area (Å²) in [7, 11) is 0. The van der Waals surface area contributed by atoms with E-state index in [0.29, 0.717) is 28.7 Å². The number of imide groups is 1. The van der Waals surface area contributed by atoms with E-state index in [2.05, 4.69) is 20.6 Å². The summed E-state index contributed by atoms with van der Waals surface area (Å²) in [5.41, 5.74) is 0.964. The number of carbonyl (C=O) groups excluding carboxylic acids is 3. The number of nitrogens with zero attached hydrogens (tertiary/aromatic N) is 3. The van der Waals surface area contributed by atoms with Gasteiger partial charge in [-0.1, -0.05) is 24.3 Å². The summed E-state index contributed by atoms with van der Waals surface area (Å²) in [6, 6.07) is 4.41. The second-order valence-electron chi connectivity index (χ2n) is 7.33. The number of hydrogen-bond acceptors (Lipinski definition) is 6. The molecule has 2 aliphatic heterocycles. The van der Waals surface area contributed by atoms with E-state index in [4.69, 9.17) is 0 Å². The zero-order valence-corrected chi connectivity index (χ0v) is 16.9. The molecule has 9 heteroatoms. The van der Waals surface area contributed by atoms with Crippen molar-refractivity contribution in [1.82, 2.24) is 20.2 Å². The normalized spacial score (nSPS) is 18.5. The minimum absolute atomic E-state index is 0.0993. The molecule has 3 heterocycles. The van der Waals surface area contributed by atoms with E-state index in [-0.39, 0.29) is 42.5 Å². The first kappa shape index (κ1) is 20.4. The van der Waals surface area contributed by atoms with Gasteiger partial charge < -0.3 is 5.32 Å². The van der Waals surface area contributed by atoms with Crippen molar-refractivity contribution in [3.63, 3.8) is 0 Å². The van der Waals surface area contributed by atoms with Gasteiger partial charge in [-0.25, -0.2) is 4.98 Å². The SMILES string of the molecule is Cc1nc2cccc(CNC(=O)C3=NC=CCC=C3)c2c(=O)n1C1CCC(=O)NC1=O. The molecule has 31 heavy (non-hydrogen) atoms. The molecule has 2 N–H and O–H groups in total. The van der Waals surface area contributed by atoms with Crippen LogP contribution in [0, 0.1) is 6.92 Å². The Balaban J connectivity index is 1.69. The molecule has 0 bridgehead atoms. The molecular formula is C22H21N5O4. The molecule has 0 aliphatic carbocycles.